The van der Waals surface area contributed by atoms with Gasteiger partial charge in [0, 0.05) is 39.4 Å². The first kappa shape index (κ1) is 15.9. The van der Waals surface area contributed by atoms with Gasteiger partial charge in [-0.3, -0.25) is 19.5 Å². The fourth-order valence-corrected chi connectivity index (χ4v) is 3.47. The number of rotatable bonds is 4. The van der Waals surface area contributed by atoms with E-state index in [1.807, 2.05) is 23.1 Å². The number of nitrogens with zero attached hydrogens (tertiary/aromatic N) is 4. The van der Waals surface area contributed by atoms with Crippen molar-refractivity contribution in [3.05, 3.63) is 30.1 Å². The van der Waals surface area contributed by atoms with Gasteiger partial charge in [0.1, 0.15) is 0 Å². The van der Waals surface area contributed by atoms with E-state index < -0.39 is 0 Å². The second kappa shape index (κ2) is 6.66. The minimum Gasteiger partial charge on any atom is -0.348 e. The van der Waals surface area contributed by atoms with Crippen LogP contribution in [0.15, 0.2) is 24.4 Å². The number of carbonyl (C=O) groups is 2. The minimum absolute atomic E-state index is 0.00687. The Morgan fingerprint density at radius 3 is 2.83 bits per heavy atom. The van der Waals surface area contributed by atoms with Crippen molar-refractivity contribution < 1.29 is 9.59 Å². The zero-order chi connectivity index (χ0) is 16.4. The highest BCUT2D eigenvalue weighted by atomic mass is 16.2. The molecule has 0 aliphatic carbocycles. The Bertz CT molecular complexity index is 575. The van der Waals surface area contributed by atoms with Gasteiger partial charge in [-0.15, -0.1) is 0 Å². The predicted molar refractivity (Wildman–Crippen MR) is 86.4 cm³/mol. The monoisotopic (exact) mass is 316 g/mol. The van der Waals surface area contributed by atoms with E-state index in [1.54, 1.807) is 25.2 Å². The van der Waals surface area contributed by atoms with Crippen LogP contribution in [0.5, 0.6) is 0 Å². The van der Waals surface area contributed by atoms with Crippen LogP contribution in [0.3, 0.4) is 0 Å². The fourth-order valence-electron chi connectivity index (χ4n) is 3.47. The van der Waals surface area contributed by atoms with Crippen LogP contribution in [0, 0.1) is 5.92 Å². The van der Waals surface area contributed by atoms with Gasteiger partial charge in [-0.05, 0) is 25.0 Å². The summed E-state index contributed by atoms with van der Waals surface area (Å²) < 4.78 is 0. The molecular weight excluding hydrogens is 292 g/mol. The van der Waals surface area contributed by atoms with Crippen LogP contribution in [-0.2, 0) is 16.1 Å². The number of piperidine rings is 1. The van der Waals surface area contributed by atoms with E-state index in [0.29, 0.717) is 19.6 Å². The van der Waals surface area contributed by atoms with Crippen molar-refractivity contribution >= 4 is 11.8 Å². The number of pyridine rings is 1. The molecule has 2 amide bonds. The first-order valence-electron chi connectivity index (χ1n) is 8.17. The van der Waals surface area contributed by atoms with E-state index in [2.05, 4.69) is 9.88 Å². The summed E-state index contributed by atoms with van der Waals surface area (Å²) in [6.45, 7) is 2.42. The van der Waals surface area contributed by atoms with Crippen molar-refractivity contribution in [2.75, 3.05) is 33.7 Å². The first-order chi connectivity index (χ1) is 11.0. The molecule has 4 rings (SSSR count). The average Bonchev–Trinajstić information content (AvgIpc) is 2.80. The molecule has 3 aliphatic rings. The maximum atomic E-state index is 12.8. The third-order valence-corrected chi connectivity index (χ3v) is 4.79. The van der Waals surface area contributed by atoms with E-state index in [4.69, 9.17) is 0 Å². The smallest absolute Gasteiger partial charge is 0.236 e. The minimum atomic E-state index is 0.00687. The summed E-state index contributed by atoms with van der Waals surface area (Å²) in [4.78, 5) is 34.8. The molecule has 0 saturated carbocycles. The molecule has 0 spiro atoms. The van der Waals surface area contributed by atoms with Crippen LogP contribution in [-0.4, -0.2) is 71.3 Å². The van der Waals surface area contributed by atoms with Crippen molar-refractivity contribution in [3.8, 4) is 0 Å². The van der Waals surface area contributed by atoms with E-state index in [0.717, 1.165) is 25.1 Å². The van der Waals surface area contributed by atoms with Crippen molar-refractivity contribution in [1.82, 2.24) is 19.7 Å². The number of carbonyl (C=O) groups excluding carboxylic acids is 2. The lowest BCUT2D eigenvalue weighted by Crippen LogP contribution is -2.47. The molecule has 3 fully saturated rings. The van der Waals surface area contributed by atoms with Crippen LogP contribution < -0.4 is 0 Å². The lowest BCUT2D eigenvalue weighted by Gasteiger charge is -2.35. The quantitative estimate of drug-likeness (QED) is 0.816. The first-order valence-corrected chi connectivity index (χ1v) is 8.17. The molecule has 1 aromatic rings. The van der Waals surface area contributed by atoms with Gasteiger partial charge >= 0.3 is 0 Å². The highest BCUT2D eigenvalue weighted by Gasteiger charge is 2.41. The van der Waals surface area contributed by atoms with Crippen LogP contribution in [0.2, 0.25) is 0 Å². The number of hydrogen-bond acceptors (Lipinski definition) is 4. The Hall–Kier alpha value is -1.95. The third-order valence-electron chi connectivity index (χ3n) is 4.79. The van der Waals surface area contributed by atoms with Gasteiger partial charge in [-0.25, -0.2) is 0 Å². The Morgan fingerprint density at radius 1 is 1.30 bits per heavy atom. The highest BCUT2D eigenvalue weighted by Crippen LogP contribution is 2.30. The van der Waals surface area contributed by atoms with Crippen LogP contribution in [0.4, 0.5) is 0 Å². The predicted octanol–water partition coefficient (Wildman–Crippen LogP) is 0.593. The molecule has 2 bridgehead atoms. The molecule has 1 aromatic heterocycles. The topological polar surface area (TPSA) is 56.8 Å². The number of likely N-dealkylation sites (N-methyl/N-ethyl adjacent to an activating group) is 1. The van der Waals surface area contributed by atoms with Gasteiger partial charge < -0.3 is 9.80 Å². The molecule has 0 aromatic carbocycles. The molecule has 6 nitrogen and oxygen atoms in total. The van der Waals surface area contributed by atoms with Gasteiger partial charge in [0.05, 0.1) is 24.7 Å². The zero-order valence-electron chi connectivity index (χ0n) is 13.8. The molecule has 124 valence electrons. The molecule has 0 N–H and O–H groups in total. The zero-order valence-corrected chi connectivity index (χ0v) is 13.8. The number of fused-ring (bicyclic) bond motifs is 4. The molecule has 2 atom stereocenters. The Balaban J connectivity index is 1.72. The molecule has 23 heavy (non-hydrogen) atoms. The van der Waals surface area contributed by atoms with Crippen LogP contribution in [0.25, 0.3) is 0 Å². The van der Waals surface area contributed by atoms with Gasteiger partial charge in [0.15, 0.2) is 0 Å². The van der Waals surface area contributed by atoms with Gasteiger partial charge in [-0.2, -0.15) is 0 Å². The summed E-state index contributed by atoms with van der Waals surface area (Å²) in [5.41, 5.74) is 0.921. The second-order valence-corrected chi connectivity index (χ2v) is 6.70. The van der Waals surface area contributed by atoms with E-state index in [9.17, 15) is 9.59 Å². The lowest BCUT2D eigenvalue weighted by atomic mass is 9.94. The summed E-state index contributed by atoms with van der Waals surface area (Å²) in [5, 5.41) is 0. The molecule has 0 radical (unpaired) electrons. The third kappa shape index (κ3) is 3.52. The van der Waals surface area contributed by atoms with E-state index >= 15 is 0 Å². The Morgan fingerprint density at radius 2 is 2.13 bits per heavy atom. The number of amides is 2. The lowest BCUT2D eigenvalue weighted by molar-refractivity contribution is -0.140. The molecule has 0 unspecified atom stereocenters. The second-order valence-electron chi connectivity index (χ2n) is 6.70. The van der Waals surface area contributed by atoms with Crippen LogP contribution in [0.1, 0.15) is 18.5 Å². The van der Waals surface area contributed by atoms with Gasteiger partial charge in [-0.1, -0.05) is 6.07 Å². The maximum absolute atomic E-state index is 12.8. The Kier molecular flexibility index (Phi) is 4.61. The largest absolute Gasteiger partial charge is 0.348 e. The van der Waals surface area contributed by atoms with E-state index in [-0.39, 0.29) is 23.8 Å². The van der Waals surface area contributed by atoms with E-state index in [1.165, 1.54) is 0 Å². The summed E-state index contributed by atoms with van der Waals surface area (Å²) >= 11 is 0. The summed E-state index contributed by atoms with van der Waals surface area (Å²) in [7, 11) is 3.54. The van der Waals surface area contributed by atoms with Crippen molar-refractivity contribution in [2.45, 2.75) is 25.4 Å². The molecule has 3 saturated heterocycles. The SMILES string of the molecule is CN(C)C(=O)CN1C[C@@H]2CC[C@H](C1)N(Cc1ccccn1)C2=O. The molecule has 4 heterocycles. The molecule has 6 heteroatoms. The summed E-state index contributed by atoms with van der Waals surface area (Å²) in [6.07, 6.45) is 3.70. The number of aromatic nitrogens is 1. The normalized spacial score (nSPS) is 24.6. The maximum Gasteiger partial charge on any atom is 0.236 e. The highest BCUT2D eigenvalue weighted by molar-refractivity contribution is 5.81. The molecular formula is C17H24N4O2. The summed E-state index contributed by atoms with van der Waals surface area (Å²) in [5.74, 6) is 0.314. The van der Waals surface area contributed by atoms with Crippen LogP contribution >= 0.6 is 0 Å². The average molecular weight is 316 g/mol. The van der Waals surface area contributed by atoms with Gasteiger partial charge in [0.25, 0.3) is 0 Å². The Labute approximate surface area is 137 Å². The molecule has 3 aliphatic heterocycles. The standard InChI is InChI=1S/C17H24N4O2/c1-19(2)16(22)12-20-9-13-6-7-15(11-20)21(17(13)23)10-14-5-3-4-8-18-14/h3-5,8,13,15H,6-7,9-12H2,1-2H3/t13-,15+/m0/s1. The number of hydrogen-bond donors (Lipinski definition) is 0. The fraction of sp³-hybridized carbons (Fsp3) is 0.588. The van der Waals surface area contributed by atoms with Gasteiger partial charge in [0.2, 0.25) is 11.8 Å². The summed E-state index contributed by atoms with van der Waals surface area (Å²) in [6, 6.07) is 5.97. The van der Waals surface area contributed by atoms with Crippen molar-refractivity contribution in [1.29, 1.82) is 0 Å². The van der Waals surface area contributed by atoms with Crippen molar-refractivity contribution in [3.63, 3.8) is 0 Å². The van der Waals surface area contributed by atoms with Crippen molar-refractivity contribution in [2.24, 2.45) is 5.92 Å².